The van der Waals surface area contributed by atoms with Crippen LogP contribution in [0.2, 0.25) is 5.02 Å². The summed E-state index contributed by atoms with van der Waals surface area (Å²) in [6.45, 7) is 2.02. The first-order chi connectivity index (χ1) is 11.6. The molecule has 2 aromatic rings. The monoisotopic (exact) mass is 408 g/mol. The van der Waals surface area contributed by atoms with Crippen molar-refractivity contribution in [2.45, 2.75) is 19.8 Å². The van der Waals surface area contributed by atoms with Crippen LogP contribution in [-0.4, -0.2) is 18.7 Å². The van der Waals surface area contributed by atoms with Crippen LogP contribution in [0.1, 0.15) is 24.5 Å². The molecule has 0 heterocycles. The summed E-state index contributed by atoms with van der Waals surface area (Å²) in [6, 6.07) is 13.0. The van der Waals surface area contributed by atoms with Gasteiger partial charge in [0.05, 0.1) is 10.7 Å². The first-order valence-electron chi connectivity index (χ1n) is 7.57. The van der Waals surface area contributed by atoms with E-state index in [1.807, 2.05) is 30.3 Å². The van der Waals surface area contributed by atoms with Gasteiger partial charge in [-0.3, -0.25) is 4.79 Å². The molecule has 0 bridgehead atoms. The number of carbonyl (C=O) groups is 1. The molecule has 0 aliphatic heterocycles. The Labute approximate surface area is 155 Å². The molecule has 1 N–H and O–H groups in total. The fourth-order valence-electron chi connectivity index (χ4n) is 2.05. The number of carbonyl (C=O) groups excluding carboxylic acids is 1. The Bertz CT molecular complexity index is 735. The Balaban J connectivity index is 1.83. The van der Waals surface area contributed by atoms with E-state index in [-0.39, 0.29) is 12.5 Å². The first-order valence-corrected chi connectivity index (χ1v) is 8.74. The van der Waals surface area contributed by atoms with Crippen LogP contribution in [0, 0.1) is 0 Å². The van der Waals surface area contributed by atoms with E-state index in [1.165, 1.54) is 11.8 Å². The molecular formula is C18H18BrClN2O2. The van der Waals surface area contributed by atoms with E-state index in [9.17, 15) is 4.79 Å². The van der Waals surface area contributed by atoms with Crippen LogP contribution < -0.4 is 10.2 Å². The second kappa shape index (κ2) is 9.45. The summed E-state index contributed by atoms with van der Waals surface area (Å²) in [5.74, 6) is 0.293. The van der Waals surface area contributed by atoms with Crippen molar-refractivity contribution in [1.29, 1.82) is 0 Å². The predicted octanol–water partition coefficient (Wildman–Crippen LogP) is 4.58. The Hall–Kier alpha value is -1.85. The van der Waals surface area contributed by atoms with Gasteiger partial charge >= 0.3 is 0 Å². The van der Waals surface area contributed by atoms with Crippen molar-refractivity contribution in [1.82, 2.24) is 5.43 Å². The number of rotatable bonds is 7. The van der Waals surface area contributed by atoms with Gasteiger partial charge in [-0.1, -0.05) is 43.1 Å². The highest BCUT2D eigenvalue weighted by Gasteiger charge is 2.06. The van der Waals surface area contributed by atoms with Crippen molar-refractivity contribution in [2.75, 3.05) is 6.61 Å². The van der Waals surface area contributed by atoms with Gasteiger partial charge in [-0.2, -0.15) is 5.10 Å². The van der Waals surface area contributed by atoms with Crippen molar-refractivity contribution < 1.29 is 9.53 Å². The van der Waals surface area contributed by atoms with Crippen molar-refractivity contribution in [2.24, 2.45) is 5.10 Å². The topological polar surface area (TPSA) is 50.7 Å². The van der Waals surface area contributed by atoms with Crippen molar-refractivity contribution in [3.63, 3.8) is 0 Å². The fourth-order valence-corrected chi connectivity index (χ4v) is 2.79. The van der Waals surface area contributed by atoms with E-state index < -0.39 is 0 Å². The molecule has 2 aromatic carbocycles. The molecule has 0 saturated carbocycles. The first kappa shape index (κ1) is 18.5. The summed E-state index contributed by atoms with van der Waals surface area (Å²) in [7, 11) is 0. The highest BCUT2D eigenvalue weighted by atomic mass is 79.9. The lowest BCUT2D eigenvalue weighted by molar-refractivity contribution is -0.123. The summed E-state index contributed by atoms with van der Waals surface area (Å²) >= 11 is 9.33. The molecule has 0 aliphatic carbocycles. The number of ether oxygens (including phenoxy) is 1. The molecule has 0 radical (unpaired) electrons. The standard InChI is InChI=1S/C18H18BrClN2O2/c1-2-4-13-7-8-17(16(19)10-13)24-12-18(23)22-21-11-14-5-3-6-15(20)9-14/h3,5-11H,2,4,12H2,1H3,(H,22,23)/b21-11+. The van der Waals surface area contributed by atoms with Crippen molar-refractivity contribution in [3.8, 4) is 5.75 Å². The van der Waals surface area contributed by atoms with E-state index in [1.54, 1.807) is 12.1 Å². The van der Waals surface area contributed by atoms with E-state index >= 15 is 0 Å². The van der Waals surface area contributed by atoms with Crippen LogP contribution in [0.15, 0.2) is 52.0 Å². The maximum absolute atomic E-state index is 11.8. The van der Waals surface area contributed by atoms with Gasteiger partial charge in [-0.05, 0) is 57.7 Å². The molecule has 1 amide bonds. The highest BCUT2D eigenvalue weighted by Crippen LogP contribution is 2.26. The lowest BCUT2D eigenvalue weighted by Crippen LogP contribution is -2.24. The van der Waals surface area contributed by atoms with Crippen LogP contribution >= 0.6 is 27.5 Å². The van der Waals surface area contributed by atoms with Gasteiger partial charge in [0.1, 0.15) is 5.75 Å². The number of benzene rings is 2. The summed E-state index contributed by atoms with van der Waals surface area (Å²) in [6.07, 6.45) is 3.62. The summed E-state index contributed by atoms with van der Waals surface area (Å²) in [5, 5.41) is 4.50. The maximum atomic E-state index is 11.8. The Morgan fingerprint density at radius 2 is 2.17 bits per heavy atom. The largest absolute Gasteiger partial charge is 0.483 e. The van der Waals surface area contributed by atoms with Crippen LogP contribution in [0.5, 0.6) is 5.75 Å². The Morgan fingerprint density at radius 1 is 1.33 bits per heavy atom. The number of hydrogen-bond donors (Lipinski definition) is 1. The molecule has 0 atom stereocenters. The third-order valence-corrected chi connectivity index (χ3v) is 4.00. The Kier molecular flexibility index (Phi) is 7.28. The molecule has 0 unspecified atom stereocenters. The number of aryl methyl sites for hydroxylation is 1. The van der Waals surface area contributed by atoms with E-state index in [0.29, 0.717) is 10.8 Å². The quantitative estimate of drug-likeness (QED) is 0.537. The second-order valence-corrected chi connectivity index (χ2v) is 6.44. The van der Waals surface area contributed by atoms with Crippen LogP contribution in [0.4, 0.5) is 0 Å². The predicted molar refractivity (Wildman–Crippen MR) is 101 cm³/mol. The number of nitrogens with zero attached hydrogens (tertiary/aromatic N) is 1. The molecule has 0 spiro atoms. The van der Waals surface area contributed by atoms with Gasteiger partial charge < -0.3 is 4.74 Å². The SMILES string of the molecule is CCCc1ccc(OCC(=O)N/N=C/c2cccc(Cl)c2)c(Br)c1. The lowest BCUT2D eigenvalue weighted by atomic mass is 10.1. The molecule has 0 saturated heterocycles. The molecule has 6 heteroatoms. The van der Waals surface area contributed by atoms with Gasteiger partial charge in [0.2, 0.25) is 0 Å². The van der Waals surface area contributed by atoms with Gasteiger partial charge in [-0.25, -0.2) is 5.43 Å². The summed E-state index contributed by atoms with van der Waals surface area (Å²) in [5.41, 5.74) is 4.45. The fraction of sp³-hybridized carbons (Fsp3) is 0.222. The van der Waals surface area contributed by atoms with E-state index in [4.69, 9.17) is 16.3 Å². The zero-order chi connectivity index (χ0) is 17.4. The smallest absolute Gasteiger partial charge is 0.277 e. The zero-order valence-corrected chi connectivity index (χ0v) is 15.6. The molecular weight excluding hydrogens is 392 g/mol. The second-order valence-electron chi connectivity index (χ2n) is 5.15. The third-order valence-electron chi connectivity index (χ3n) is 3.15. The van der Waals surface area contributed by atoms with Gasteiger partial charge in [0, 0.05) is 5.02 Å². The minimum absolute atomic E-state index is 0.112. The number of halogens is 2. The average Bonchev–Trinajstić information content (AvgIpc) is 2.54. The minimum Gasteiger partial charge on any atom is -0.483 e. The zero-order valence-electron chi connectivity index (χ0n) is 13.3. The number of hydrogen-bond acceptors (Lipinski definition) is 3. The van der Waals surface area contributed by atoms with E-state index in [0.717, 1.165) is 22.9 Å². The number of hydrazone groups is 1. The molecule has 4 nitrogen and oxygen atoms in total. The maximum Gasteiger partial charge on any atom is 0.277 e. The van der Waals surface area contributed by atoms with Gasteiger partial charge in [0.25, 0.3) is 5.91 Å². The molecule has 126 valence electrons. The van der Waals surface area contributed by atoms with Gasteiger partial charge in [0.15, 0.2) is 6.61 Å². The van der Waals surface area contributed by atoms with Gasteiger partial charge in [-0.15, -0.1) is 0 Å². The third kappa shape index (κ3) is 5.98. The lowest BCUT2D eigenvalue weighted by Gasteiger charge is -2.08. The molecule has 2 rings (SSSR count). The number of nitrogens with one attached hydrogen (secondary N) is 1. The number of amides is 1. The minimum atomic E-state index is -0.335. The average molecular weight is 410 g/mol. The molecule has 0 aromatic heterocycles. The van der Waals surface area contributed by atoms with E-state index in [2.05, 4.69) is 33.4 Å². The van der Waals surface area contributed by atoms with Crippen LogP contribution in [0.25, 0.3) is 0 Å². The summed E-state index contributed by atoms with van der Waals surface area (Å²) in [4.78, 5) is 11.8. The molecule has 24 heavy (non-hydrogen) atoms. The normalized spacial score (nSPS) is 10.8. The van der Waals surface area contributed by atoms with Crippen molar-refractivity contribution >= 4 is 39.7 Å². The highest BCUT2D eigenvalue weighted by molar-refractivity contribution is 9.10. The van der Waals surface area contributed by atoms with Crippen molar-refractivity contribution in [3.05, 3.63) is 63.1 Å². The Morgan fingerprint density at radius 3 is 2.88 bits per heavy atom. The van der Waals surface area contributed by atoms with Crippen LogP contribution in [0.3, 0.4) is 0 Å². The molecule has 0 aliphatic rings. The summed E-state index contributed by atoms with van der Waals surface area (Å²) < 4.78 is 6.34. The van der Waals surface area contributed by atoms with Crippen LogP contribution in [-0.2, 0) is 11.2 Å². The molecule has 0 fully saturated rings.